The average molecular weight is 363 g/mol. The minimum Gasteiger partial charge on any atom is -0.355 e. The molecule has 0 saturated carbocycles. The van der Waals surface area contributed by atoms with E-state index in [9.17, 15) is 8.42 Å². The second-order valence-electron chi connectivity index (χ2n) is 7.61. The minimum atomic E-state index is -3.66. The second-order valence-corrected chi connectivity index (χ2v) is 8.99. The molecule has 0 bridgehead atoms. The zero-order valence-corrected chi connectivity index (χ0v) is 15.9. The van der Waals surface area contributed by atoms with Crippen LogP contribution in [-0.4, -0.2) is 38.0 Å². The SMILES string of the molecule is Cc1cc2ncnc(N3CC(C(C)(C)CNS(N)(=O)=O)C3)c2cc1C. The van der Waals surface area contributed by atoms with Gasteiger partial charge >= 0.3 is 0 Å². The molecule has 1 aliphatic heterocycles. The van der Waals surface area contributed by atoms with Crippen LogP contribution >= 0.6 is 0 Å². The Balaban J connectivity index is 1.76. The molecule has 8 heteroatoms. The largest absolute Gasteiger partial charge is 0.355 e. The predicted molar refractivity (Wildman–Crippen MR) is 99.6 cm³/mol. The van der Waals surface area contributed by atoms with Gasteiger partial charge < -0.3 is 4.90 Å². The first-order valence-electron chi connectivity index (χ1n) is 8.31. The number of benzene rings is 1. The van der Waals surface area contributed by atoms with Crippen LogP contribution < -0.4 is 14.8 Å². The first kappa shape index (κ1) is 18.0. The summed E-state index contributed by atoms with van der Waals surface area (Å²) in [5.74, 6) is 1.30. The number of aryl methyl sites for hydroxylation is 2. The normalized spacial score (nSPS) is 16.3. The first-order chi connectivity index (χ1) is 11.6. The third-order valence-electron chi connectivity index (χ3n) is 5.24. The van der Waals surface area contributed by atoms with E-state index in [1.54, 1.807) is 6.33 Å². The quantitative estimate of drug-likeness (QED) is 0.838. The molecule has 136 valence electrons. The summed E-state index contributed by atoms with van der Waals surface area (Å²) in [6.07, 6.45) is 1.60. The van der Waals surface area contributed by atoms with Gasteiger partial charge in [0.05, 0.1) is 5.52 Å². The average Bonchev–Trinajstić information content (AvgIpc) is 2.45. The van der Waals surface area contributed by atoms with Crippen molar-refractivity contribution in [3.8, 4) is 0 Å². The van der Waals surface area contributed by atoms with E-state index in [-0.39, 0.29) is 5.41 Å². The smallest absolute Gasteiger partial charge is 0.274 e. The summed E-state index contributed by atoms with van der Waals surface area (Å²) in [7, 11) is -3.66. The predicted octanol–water partition coefficient (Wildman–Crippen LogP) is 1.50. The summed E-state index contributed by atoms with van der Waals surface area (Å²) >= 11 is 0. The molecule has 0 aliphatic carbocycles. The number of nitrogens with zero attached hydrogens (tertiary/aromatic N) is 3. The maximum atomic E-state index is 11.1. The van der Waals surface area contributed by atoms with E-state index in [1.165, 1.54) is 11.1 Å². The van der Waals surface area contributed by atoms with Crippen molar-refractivity contribution in [2.75, 3.05) is 24.5 Å². The molecule has 1 saturated heterocycles. The number of nitrogens with one attached hydrogen (secondary N) is 1. The monoisotopic (exact) mass is 363 g/mol. The molecule has 1 aromatic carbocycles. The van der Waals surface area contributed by atoms with Crippen molar-refractivity contribution in [1.82, 2.24) is 14.7 Å². The van der Waals surface area contributed by atoms with Crippen molar-refractivity contribution in [1.29, 1.82) is 0 Å². The van der Waals surface area contributed by atoms with Crippen LogP contribution in [0.4, 0.5) is 5.82 Å². The van der Waals surface area contributed by atoms with Crippen molar-refractivity contribution in [3.63, 3.8) is 0 Å². The van der Waals surface area contributed by atoms with Gasteiger partial charge in [-0.3, -0.25) is 0 Å². The van der Waals surface area contributed by atoms with Gasteiger partial charge in [-0.1, -0.05) is 13.8 Å². The maximum Gasteiger partial charge on any atom is 0.274 e. The zero-order valence-electron chi connectivity index (χ0n) is 15.1. The number of hydrogen-bond donors (Lipinski definition) is 2. The van der Waals surface area contributed by atoms with E-state index in [1.807, 2.05) is 0 Å². The van der Waals surface area contributed by atoms with Crippen molar-refractivity contribution >= 4 is 26.9 Å². The van der Waals surface area contributed by atoms with E-state index in [0.29, 0.717) is 12.5 Å². The molecule has 0 unspecified atom stereocenters. The van der Waals surface area contributed by atoms with Crippen LogP contribution in [0.15, 0.2) is 18.5 Å². The van der Waals surface area contributed by atoms with Gasteiger partial charge in [-0.25, -0.2) is 19.8 Å². The molecule has 2 heterocycles. The molecular weight excluding hydrogens is 338 g/mol. The lowest BCUT2D eigenvalue weighted by Gasteiger charge is -2.48. The topological polar surface area (TPSA) is 101 Å². The van der Waals surface area contributed by atoms with Crippen LogP contribution in [-0.2, 0) is 10.2 Å². The van der Waals surface area contributed by atoms with Crippen molar-refractivity contribution < 1.29 is 8.42 Å². The Morgan fingerprint density at radius 3 is 2.52 bits per heavy atom. The zero-order chi connectivity index (χ0) is 18.4. The Morgan fingerprint density at radius 1 is 1.24 bits per heavy atom. The van der Waals surface area contributed by atoms with E-state index in [2.05, 4.69) is 59.4 Å². The highest BCUT2D eigenvalue weighted by molar-refractivity contribution is 7.87. The highest BCUT2D eigenvalue weighted by atomic mass is 32.2. The summed E-state index contributed by atoms with van der Waals surface area (Å²) in [4.78, 5) is 11.1. The van der Waals surface area contributed by atoms with Gasteiger partial charge in [0.25, 0.3) is 10.2 Å². The minimum absolute atomic E-state index is 0.182. The number of anilines is 1. The van der Waals surface area contributed by atoms with Crippen LogP contribution in [0.5, 0.6) is 0 Å². The van der Waals surface area contributed by atoms with E-state index in [0.717, 1.165) is 29.8 Å². The molecule has 7 nitrogen and oxygen atoms in total. The Bertz CT molecular complexity index is 905. The fraction of sp³-hybridized carbons (Fsp3) is 0.529. The molecule has 0 amide bonds. The lowest BCUT2D eigenvalue weighted by Crippen LogP contribution is -2.56. The van der Waals surface area contributed by atoms with Crippen LogP contribution in [0.2, 0.25) is 0 Å². The van der Waals surface area contributed by atoms with Gasteiger partial charge in [0.15, 0.2) is 0 Å². The van der Waals surface area contributed by atoms with Gasteiger partial charge in [0.2, 0.25) is 0 Å². The molecule has 1 aromatic heterocycles. The van der Waals surface area contributed by atoms with E-state index in [4.69, 9.17) is 5.14 Å². The lowest BCUT2D eigenvalue weighted by atomic mass is 9.74. The van der Waals surface area contributed by atoms with E-state index < -0.39 is 10.2 Å². The van der Waals surface area contributed by atoms with Gasteiger partial charge in [-0.05, 0) is 42.5 Å². The Hall–Kier alpha value is -1.77. The van der Waals surface area contributed by atoms with Gasteiger partial charge in [0.1, 0.15) is 12.1 Å². The Kier molecular flexibility index (Phi) is 4.47. The highest BCUT2D eigenvalue weighted by Crippen LogP contribution is 2.38. The number of rotatable bonds is 5. The molecule has 3 N–H and O–H groups in total. The highest BCUT2D eigenvalue weighted by Gasteiger charge is 2.40. The first-order valence-corrected chi connectivity index (χ1v) is 9.86. The second kappa shape index (κ2) is 6.19. The fourth-order valence-corrected chi connectivity index (χ4v) is 3.70. The third kappa shape index (κ3) is 3.75. The van der Waals surface area contributed by atoms with Gasteiger partial charge in [0, 0.05) is 30.9 Å². The van der Waals surface area contributed by atoms with Crippen LogP contribution in [0, 0.1) is 25.2 Å². The van der Waals surface area contributed by atoms with Crippen LogP contribution in [0.25, 0.3) is 10.9 Å². The molecule has 2 aromatic rings. The molecular formula is C17H25N5O2S. The molecule has 1 aliphatic rings. The molecule has 0 spiro atoms. The van der Waals surface area contributed by atoms with E-state index >= 15 is 0 Å². The third-order valence-corrected chi connectivity index (χ3v) is 5.79. The maximum absolute atomic E-state index is 11.1. The Labute approximate surface area is 148 Å². The summed E-state index contributed by atoms with van der Waals surface area (Å²) in [5.41, 5.74) is 3.21. The van der Waals surface area contributed by atoms with Crippen molar-refractivity contribution in [2.45, 2.75) is 27.7 Å². The fourth-order valence-electron chi connectivity index (χ4n) is 3.13. The lowest BCUT2D eigenvalue weighted by molar-refractivity contribution is 0.175. The molecule has 0 atom stereocenters. The summed E-state index contributed by atoms with van der Waals surface area (Å²) < 4.78 is 24.7. The van der Waals surface area contributed by atoms with Crippen LogP contribution in [0.3, 0.4) is 0 Å². The summed E-state index contributed by atoms with van der Waals surface area (Å²) in [5, 5.41) is 6.10. The molecule has 0 radical (unpaired) electrons. The van der Waals surface area contributed by atoms with Gasteiger partial charge in [-0.2, -0.15) is 8.42 Å². The molecule has 1 fully saturated rings. The number of fused-ring (bicyclic) bond motifs is 1. The molecule has 3 rings (SSSR count). The summed E-state index contributed by atoms with van der Waals surface area (Å²) in [6.45, 7) is 10.3. The molecule has 25 heavy (non-hydrogen) atoms. The van der Waals surface area contributed by atoms with Gasteiger partial charge in [-0.15, -0.1) is 0 Å². The number of hydrogen-bond acceptors (Lipinski definition) is 5. The Morgan fingerprint density at radius 2 is 1.88 bits per heavy atom. The van der Waals surface area contributed by atoms with Crippen LogP contribution in [0.1, 0.15) is 25.0 Å². The van der Waals surface area contributed by atoms with Crippen molar-refractivity contribution in [3.05, 3.63) is 29.6 Å². The standard InChI is InChI=1S/C17H25N5O2S/c1-11-5-14-15(6-12(11)2)19-10-20-16(14)22-7-13(8-22)17(3,4)9-21-25(18,23)24/h5-6,10,13,21H,7-9H2,1-4H3,(H2,18,23,24). The number of aromatic nitrogens is 2. The van der Waals surface area contributed by atoms with Crippen molar-refractivity contribution in [2.24, 2.45) is 16.5 Å². The summed E-state index contributed by atoms with van der Waals surface area (Å²) in [6, 6.07) is 4.23. The number of nitrogens with two attached hydrogens (primary N) is 1.